The van der Waals surface area contributed by atoms with Gasteiger partial charge in [0, 0.05) is 6.42 Å². The Labute approximate surface area is 111 Å². The van der Waals surface area contributed by atoms with Crippen LogP contribution in [0.1, 0.15) is 22.9 Å². The molecule has 0 heterocycles. The second kappa shape index (κ2) is 4.59. The molecule has 0 saturated carbocycles. The fourth-order valence-corrected chi connectivity index (χ4v) is 2.84. The topological polar surface area (TPSA) is 46.5 Å². The van der Waals surface area contributed by atoms with Gasteiger partial charge in [-0.2, -0.15) is 0 Å². The Morgan fingerprint density at radius 1 is 1.56 bits per heavy atom. The zero-order valence-corrected chi connectivity index (χ0v) is 11.1. The van der Waals surface area contributed by atoms with E-state index >= 15 is 0 Å². The van der Waals surface area contributed by atoms with Crippen LogP contribution >= 0.6 is 15.9 Å². The summed E-state index contributed by atoms with van der Waals surface area (Å²) in [4.78, 5) is 10.9. The van der Waals surface area contributed by atoms with Crippen molar-refractivity contribution < 1.29 is 23.4 Å². The van der Waals surface area contributed by atoms with Crippen LogP contribution in [0.25, 0.3) is 0 Å². The predicted octanol–water partition coefficient (Wildman–Crippen LogP) is 2.25. The van der Waals surface area contributed by atoms with E-state index in [0.29, 0.717) is 11.1 Å². The van der Waals surface area contributed by atoms with Crippen molar-refractivity contribution >= 4 is 21.9 Å². The molecule has 0 aromatic heterocycles. The Bertz CT molecular complexity index is 506. The van der Waals surface area contributed by atoms with Crippen molar-refractivity contribution in [2.45, 2.75) is 23.8 Å². The van der Waals surface area contributed by atoms with Crippen molar-refractivity contribution in [3.8, 4) is 0 Å². The van der Waals surface area contributed by atoms with Gasteiger partial charge in [-0.25, -0.2) is 13.6 Å². The first-order valence-corrected chi connectivity index (χ1v) is 6.33. The van der Waals surface area contributed by atoms with Gasteiger partial charge in [-0.15, -0.1) is 0 Å². The SMILES string of the molecule is CCOC(=O)C1(O)Cc2cc(F)c(F)cc2C1Br. The molecule has 1 aliphatic carbocycles. The summed E-state index contributed by atoms with van der Waals surface area (Å²) in [5, 5.41) is 10.3. The predicted molar refractivity (Wildman–Crippen MR) is 63.3 cm³/mol. The van der Waals surface area contributed by atoms with Crippen LogP contribution in [0.3, 0.4) is 0 Å². The number of benzene rings is 1. The maximum Gasteiger partial charge on any atom is 0.340 e. The van der Waals surface area contributed by atoms with Gasteiger partial charge in [0.15, 0.2) is 17.2 Å². The fourth-order valence-electron chi connectivity index (χ4n) is 2.06. The third-order valence-electron chi connectivity index (χ3n) is 2.96. The summed E-state index contributed by atoms with van der Waals surface area (Å²) in [6.45, 7) is 1.74. The molecule has 6 heteroatoms. The van der Waals surface area contributed by atoms with Crippen LogP contribution in [0.2, 0.25) is 0 Å². The van der Waals surface area contributed by atoms with Gasteiger partial charge in [-0.05, 0) is 30.2 Å². The van der Waals surface area contributed by atoms with E-state index in [0.717, 1.165) is 12.1 Å². The molecule has 0 saturated heterocycles. The highest BCUT2D eigenvalue weighted by molar-refractivity contribution is 9.09. The summed E-state index contributed by atoms with van der Waals surface area (Å²) in [6.07, 6.45) is -0.103. The number of fused-ring (bicyclic) bond motifs is 1. The summed E-state index contributed by atoms with van der Waals surface area (Å²) >= 11 is 3.15. The molecular formula is C12H11BrF2O3. The maximum absolute atomic E-state index is 13.2. The molecule has 0 aliphatic heterocycles. The van der Waals surface area contributed by atoms with Gasteiger partial charge in [-0.3, -0.25) is 0 Å². The number of hydrogen-bond donors (Lipinski definition) is 1. The van der Waals surface area contributed by atoms with Crippen LogP contribution in [-0.2, 0) is 16.0 Å². The van der Waals surface area contributed by atoms with Crippen LogP contribution in [0, 0.1) is 11.6 Å². The fraction of sp³-hybridized carbons (Fsp3) is 0.417. The minimum absolute atomic E-state index is 0.103. The monoisotopic (exact) mass is 320 g/mol. The van der Waals surface area contributed by atoms with Gasteiger partial charge in [-0.1, -0.05) is 15.9 Å². The second-order valence-corrected chi connectivity index (χ2v) is 5.06. The van der Waals surface area contributed by atoms with E-state index in [1.807, 2.05) is 0 Å². The molecule has 98 valence electrons. The Kier molecular flexibility index (Phi) is 3.42. The maximum atomic E-state index is 13.2. The van der Waals surface area contributed by atoms with Gasteiger partial charge < -0.3 is 9.84 Å². The number of ether oxygens (including phenoxy) is 1. The number of carbonyl (C=O) groups is 1. The summed E-state index contributed by atoms with van der Waals surface area (Å²) in [5.74, 6) is -2.81. The number of rotatable bonds is 2. The van der Waals surface area contributed by atoms with Gasteiger partial charge in [0.25, 0.3) is 0 Å². The zero-order chi connectivity index (χ0) is 13.5. The highest BCUT2D eigenvalue weighted by Crippen LogP contribution is 2.46. The van der Waals surface area contributed by atoms with Crippen LogP contribution in [0.4, 0.5) is 8.78 Å². The largest absolute Gasteiger partial charge is 0.464 e. The number of alkyl halides is 1. The highest BCUT2D eigenvalue weighted by atomic mass is 79.9. The number of aliphatic hydroxyl groups is 1. The minimum atomic E-state index is -1.82. The molecule has 2 rings (SSSR count). The number of halogens is 3. The van der Waals surface area contributed by atoms with Crippen molar-refractivity contribution in [2.75, 3.05) is 6.61 Å². The smallest absolute Gasteiger partial charge is 0.340 e. The highest BCUT2D eigenvalue weighted by Gasteiger charge is 2.51. The molecular weight excluding hydrogens is 310 g/mol. The van der Waals surface area contributed by atoms with Gasteiger partial charge in [0.2, 0.25) is 0 Å². The Hall–Kier alpha value is -1.01. The summed E-state index contributed by atoms with van der Waals surface area (Å²) < 4.78 is 31.1. The van der Waals surface area contributed by atoms with Crippen LogP contribution in [0.15, 0.2) is 12.1 Å². The van der Waals surface area contributed by atoms with E-state index in [1.54, 1.807) is 6.92 Å². The first-order chi connectivity index (χ1) is 8.40. The first-order valence-electron chi connectivity index (χ1n) is 5.41. The van der Waals surface area contributed by atoms with Crippen molar-refractivity contribution in [2.24, 2.45) is 0 Å². The Morgan fingerprint density at radius 2 is 2.17 bits per heavy atom. The molecule has 2 atom stereocenters. The molecule has 0 amide bonds. The van der Waals surface area contributed by atoms with Crippen LogP contribution in [0.5, 0.6) is 0 Å². The lowest BCUT2D eigenvalue weighted by atomic mass is 10.0. The molecule has 0 radical (unpaired) electrons. The van der Waals surface area contributed by atoms with Gasteiger partial charge in [0.05, 0.1) is 11.4 Å². The lowest BCUT2D eigenvalue weighted by Crippen LogP contribution is -2.42. The number of hydrogen-bond acceptors (Lipinski definition) is 3. The number of carbonyl (C=O) groups excluding carboxylic acids is 1. The number of esters is 1. The molecule has 3 nitrogen and oxygen atoms in total. The van der Waals surface area contributed by atoms with Gasteiger partial charge >= 0.3 is 5.97 Å². The van der Waals surface area contributed by atoms with Crippen LogP contribution < -0.4 is 0 Å². The third-order valence-corrected chi connectivity index (χ3v) is 4.21. The van der Waals surface area contributed by atoms with Gasteiger partial charge in [0.1, 0.15) is 0 Å². The summed E-state index contributed by atoms with van der Waals surface area (Å²) in [6, 6.07) is 1.98. The Morgan fingerprint density at radius 3 is 2.78 bits per heavy atom. The molecule has 1 aromatic rings. The van der Waals surface area contributed by atoms with E-state index in [1.165, 1.54) is 0 Å². The molecule has 0 bridgehead atoms. The molecule has 1 aliphatic rings. The average Bonchev–Trinajstić information content (AvgIpc) is 2.55. The van der Waals surface area contributed by atoms with E-state index in [9.17, 15) is 18.7 Å². The quantitative estimate of drug-likeness (QED) is 0.671. The molecule has 0 fully saturated rings. The third kappa shape index (κ3) is 1.93. The molecule has 0 spiro atoms. The Balaban J connectivity index is 2.40. The molecule has 18 heavy (non-hydrogen) atoms. The van der Waals surface area contributed by atoms with Crippen molar-refractivity contribution in [3.05, 3.63) is 34.9 Å². The minimum Gasteiger partial charge on any atom is -0.464 e. The first kappa shape index (κ1) is 13.4. The molecule has 1 N–H and O–H groups in total. The van der Waals surface area contributed by atoms with E-state index in [-0.39, 0.29) is 13.0 Å². The second-order valence-electron chi connectivity index (χ2n) is 4.15. The molecule has 1 aromatic carbocycles. The standard InChI is InChI=1S/C12H11BrF2O3/c1-2-18-11(16)12(17)5-6-3-8(14)9(15)4-7(6)10(12)13/h3-4,10,17H,2,5H2,1H3. The summed E-state index contributed by atoms with van der Waals surface area (Å²) in [5.41, 5.74) is -1.06. The van der Waals surface area contributed by atoms with Crippen molar-refractivity contribution in [1.82, 2.24) is 0 Å². The molecule has 2 unspecified atom stereocenters. The van der Waals surface area contributed by atoms with Crippen LogP contribution in [-0.4, -0.2) is 23.3 Å². The van der Waals surface area contributed by atoms with E-state index in [2.05, 4.69) is 15.9 Å². The van der Waals surface area contributed by atoms with Crippen molar-refractivity contribution in [1.29, 1.82) is 0 Å². The normalized spacial score (nSPS) is 25.9. The zero-order valence-electron chi connectivity index (χ0n) is 9.54. The lowest BCUT2D eigenvalue weighted by Gasteiger charge is -2.23. The van der Waals surface area contributed by atoms with E-state index in [4.69, 9.17) is 4.74 Å². The summed E-state index contributed by atoms with van der Waals surface area (Å²) in [7, 11) is 0. The van der Waals surface area contributed by atoms with E-state index < -0.39 is 28.0 Å². The van der Waals surface area contributed by atoms with Crippen molar-refractivity contribution in [3.63, 3.8) is 0 Å². The average molecular weight is 321 g/mol. The lowest BCUT2D eigenvalue weighted by molar-refractivity contribution is -0.164.